The number of aliphatic carboxylic acids is 1. The zero-order valence-corrected chi connectivity index (χ0v) is 19.3. The van der Waals surface area contributed by atoms with E-state index in [0.29, 0.717) is 17.8 Å². The van der Waals surface area contributed by atoms with Gasteiger partial charge in [0, 0.05) is 29.0 Å². The van der Waals surface area contributed by atoms with E-state index in [9.17, 15) is 9.59 Å². The molecule has 29 heavy (non-hydrogen) atoms. The fourth-order valence-electron chi connectivity index (χ4n) is 6.81. The molecule has 0 saturated heterocycles. The molecule has 0 heterocycles. The average molecular weight is 427 g/mol. The molecule has 0 aromatic rings. The van der Waals surface area contributed by atoms with Crippen LogP contribution in [-0.2, 0) is 9.59 Å². The van der Waals surface area contributed by atoms with Gasteiger partial charge in [-0.1, -0.05) is 19.9 Å². The number of carbonyl (C=O) groups is 2. The lowest BCUT2D eigenvalue weighted by molar-refractivity contribution is -0.134. The van der Waals surface area contributed by atoms with E-state index in [0.717, 1.165) is 38.5 Å². The van der Waals surface area contributed by atoms with Crippen molar-refractivity contribution < 1.29 is 14.7 Å². The van der Waals surface area contributed by atoms with Crippen molar-refractivity contribution in [2.45, 2.75) is 84.7 Å². The molecule has 3 rings (SSSR count). The minimum Gasteiger partial charge on any atom is -0.478 e. The number of hydrogen-bond acceptors (Lipinski definition) is 3. The van der Waals surface area contributed by atoms with Gasteiger partial charge in [0.15, 0.2) is 0 Å². The Hall–Kier alpha value is -1.07. The Morgan fingerprint density at radius 2 is 1.72 bits per heavy atom. The molecule has 0 aliphatic heterocycles. The van der Waals surface area contributed by atoms with Gasteiger partial charge >= 0.3 is 5.97 Å². The molecule has 0 radical (unpaired) electrons. The van der Waals surface area contributed by atoms with Crippen LogP contribution < -0.4 is 11.1 Å². The van der Waals surface area contributed by atoms with E-state index >= 15 is 0 Å². The van der Waals surface area contributed by atoms with E-state index in [4.69, 9.17) is 10.8 Å². The van der Waals surface area contributed by atoms with Crippen LogP contribution in [0.2, 0.25) is 0 Å². The number of fused-ring (bicyclic) bond motifs is 3. The Kier molecular flexibility index (Phi) is 6.86. The Bertz CT molecular complexity index is 674. The number of carboxylic acid groups (broad SMARTS) is 1. The van der Waals surface area contributed by atoms with Gasteiger partial charge in [0.25, 0.3) is 0 Å². The Balaban J connectivity index is 0.00000300. The maximum atomic E-state index is 13.0. The lowest BCUT2D eigenvalue weighted by Crippen LogP contribution is -2.56. The zero-order chi connectivity index (χ0) is 20.9. The van der Waals surface area contributed by atoms with Crippen molar-refractivity contribution in [2.75, 3.05) is 0 Å². The first-order chi connectivity index (χ1) is 12.9. The lowest BCUT2D eigenvalue weighted by atomic mass is 9.48. The predicted octanol–water partition coefficient (Wildman–Crippen LogP) is 4.15. The number of nitrogens with two attached hydrogens (primary N) is 1. The van der Waals surface area contributed by atoms with Crippen molar-refractivity contribution in [3.63, 3.8) is 0 Å². The maximum absolute atomic E-state index is 13.0. The van der Waals surface area contributed by atoms with Crippen molar-refractivity contribution >= 4 is 24.3 Å². The molecule has 0 aromatic carbocycles. The molecule has 1 unspecified atom stereocenters. The van der Waals surface area contributed by atoms with E-state index in [1.165, 1.54) is 6.08 Å². The molecule has 1 amide bonds. The first kappa shape index (κ1) is 24.2. The fraction of sp³-hybridized carbons (Fsp3) is 0.826. The summed E-state index contributed by atoms with van der Waals surface area (Å²) in [5, 5.41) is 12.4. The van der Waals surface area contributed by atoms with E-state index in [1.54, 1.807) is 0 Å². The topological polar surface area (TPSA) is 92.4 Å². The van der Waals surface area contributed by atoms with Crippen LogP contribution in [0, 0.1) is 34.5 Å². The van der Waals surface area contributed by atoms with Crippen LogP contribution in [0.5, 0.6) is 0 Å². The molecule has 0 aromatic heterocycles. The highest BCUT2D eigenvalue weighted by molar-refractivity contribution is 5.85. The van der Waals surface area contributed by atoms with Crippen molar-refractivity contribution in [2.24, 2.45) is 40.2 Å². The van der Waals surface area contributed by atoms with Crippen LogP contribution in [0.4, 0.5) is 0 Å². The van der Waals surface area contributed by atoms with Crippen molar-refractivity contribution in [1.29, 1.82) is 0 Å². The van der Waals surface area contributed by atoms with Crippen molar-refractivity contribution in [1.82, 2.24) is 5.32 Å². The monoisotopic (exact) mass is 426 g/mol. The number of halogens is 1. The van der Waals surface area contributed by atoms with Crippen LogP contribution in [0.25, 0.3) is 0 Å². The summed E-state index contributed by atoms with van der Waals surface area (Å²) in [5.74, 6) is 0.817. The van der Waals surface area contributed by atoms with Crippen LogP contribution in [0.3, 0.4) is 0 Å². The van der Waals surface area contributed by atoms with Gasteiger partial charge in [-0.2, -0.15) is 0 Å². The third-order valence-corrected chi connectivity index (χ3v) is 8.25. The summed E-state index contributed by atoms with van der Waals surface area (Å²) in [6, 6.07) is -0.00454. The summed E-state index contributed by atoms with van der Waals surface area (Å²) in [4.78, 5) is 24.2. The van der Waals surface area contributed by atoms with E-state index in [1.807, 2.05) is 26.8 Å². The molecular formula is C23H39ClN2O3. The van der Waals surface area contributed by atoms with Crippen LogP contribution in [0.15, 0.2) is 12.2 Å². The average Bonchev–Trinajstić information content (AvgIpc) is 2.92. The SMILES string of the molecule is CC(C)(C)NC(=O)[C@H]1CC[C@H]2[C@@H]3CC[C@@H](N)[C@](C)(/C=C\C(=O)O)C3CC[C@]12C.Cl. The van der Waals surface area contributed by atoms with Gasteiger partial charge < -0.3 is 16.2 Å². The normalized spacial score (nSPS) is 41.9. The van der Waals surface area contributed by atoms with Crippen LogP contribution in [-0.4, -0.2) is 28.6 Å². The van der Waals surface area contributed by atoms with Gasteiger partial charge in [0.2, 0.25) is 5.91 Å². The molecule has 4 N–H and O–H groups in total. The van der Waals surface area contributed by atoms with Gasteiger partial charge in [0.1, 0.15) is 0 Å². The van der Waals surface area contributed by atoms with Crippen molar-refractivity contribution in [3.8, 4) is 0 Å². The van der Waals surface area contributed by atoms with Crippen LogP contribution >= 0.6 is 12.4 Å². The van der Waals surface area contributed by atoms with Crippen LogP contribution in [0.1, 0.15) is 73.1 Å². The number of carboxylic acids is 1. The van der Waals surface area contributed by atoms with Gasteiger partial charge in [-0.15, -0.1) is 12.4 Å². The molecule has 7 atom stereocenters. The van der Waals surface area contributed by atoms with Gasteiger partial charge in [-0.05, 0) is 82.5 Å². The van der Waals surface area contributed by atoms with Gasteiger partial charge in [0.05, 0.1) is 0 Å². The van der Waals surface area contributed by atoms with Gasteiger partial charge in [-0.25, -0.2) is 4.79 Å². The first-order valence-corrected chi connectivity index (χ1v) is 10.9. The molecule has 5 nitrogen and oxygen atoms in total. The third kappa shape index (κ3) is 4.36. The minimum atomic E-state index is -0.907. The van der Waals surface area contributed by atoms with E-state index in [2.05, 4.69) is 19.2 Å². The summed E-state index contributed by atoms with van der Waals surface area (Å²) in [5.41, 5.74) is 6.06. The number of hydrogen-bond donors (Lipinski definition) is 3. The molecule has 3 aliphatic rings. The molecule has 3 aliphatic carbocycles. The van der Waals surface area contributed by atoms with Gasteiger partial charge in [-0.3, -0.25) is 4.79 Å². The zero-order valence-electron chi connectivity index (χ0n) is 18.5. The lowest BCUT2D eigenvalue weighted by Gasteiger charge is -2.57. The minimum absolute atomic E-state index is 0. The second-order valence-electron chi connectivity index (χ2n) is 11.0. The number of nitrogens with one attached hydrogen (secondary N) is 1. The van der Waals surface area contributed by atoms with Crippen molar-refractivity contribution in [3.05, 3.63) is 12.2 Å². The summed E-state index contributed by atoms with van der Waals surface area (Å²) in [6.07, 6.45) is 9.25. The third-order valence-electron chi connectivity index (χ3n) is 8.25. The predicted molar refractivity (Wildman–Crippen MR) is 118 cm³/mol. The molecule has 0 spiro atoms. The highest BCUT2D eigenvalue weighted by atomic mass is 35.5. The summed E-state index contributed by atoms with van der Waals surface area (Å²) in [6.45, 7) is 10.6. The summed E-state index contributed by atoms with van der Waals surface area (Å²) >= 11 is 0. The highest BCUT2D eigenvalue weighted by Crippen LogP contribution is 2.64. The Morgan fingerprint density at radius 1 is 1.07 bits per heavy atom. The summed E-state index contributed by atoms with van der Waals surface area (Å²) < 4.78 is 0. The number of rotatable bonds is 3. The Morgan fingerprint density at radius 3 is 2.31 bits per heavy atom. The number of carbonyl (C=O) groups excluding carboxylic acids is 1. The quantitative estimate of drug-likeness (QED) is 0.591. The second-order valence-corrected chi connectivity index (χ2v) is 11.0. The first-order valence-electron chi connectivity index (χ1n) is 10.9. The maximum Gasteiger partial charge on any atom is 0.327 e. The molecule has 3 fully saturated rings. The summed E-state index contributed by atoms with van der Waals surface area (Å²) in [7, 11) is 0. The van der Waals surface area contributed by atoms with E-state index < -0.39 is 5.97 Å². The standard InChI is InChI=1S/C23H38N2O3.ClH/c1-21(2,3)25-20(28)17-8-7-15-14-6-9-18(24)23(5,13-11-19(26)27)16(14)10-12-22(15,17)4;/h11,13-18H,6-10,12,24H2,1-5H3,(H,25,28)(H,26,27);1H/b13-11-;/t14-,15-,16?,17+,18+,22-,23+;/m0./s1. The molecular weight excluding hydrogens is 388 g/mol. The largest absolute Gasteiger partial charge is 0.478 e. The number of amides is 1. The Labute approximate surface area is 181 Å². The highest BCUT2D eigenvalue weighted by Gasteiger charge is 2.60. The van der Waals surface area contributed by atoms with E-state index in [-0.39, 0.29) is 46.6 Å². The molecule has 166 valence electrons. The fourth-order valence-corrected chi connectivity index (χ4v) is 6.81. The molecule has 0 bridgehead atoms. The smallest absolute Gasteiger partial charge is 0.327 e. The molecule has 3 saturated carbocycles. The second kappa shape index (κ2) is 8.22. The molecule has 6 heteroatoms.